The van der Waals surface area contributed by atoms with Gasteiger partial charge >= 0.3 is 0 Å². The second kappa shape index (κ2) is 6.82. The molecular formula is C15H15FN6O. The molecule has 3 rings (SSSR count). The van der Waals surface area contributed by atoms with Crippen LogP contribution in [0.4, 0.5) is 10.2 Å². The summed E-state index contributed by atoms with van der Waals surface area (Å²) < 4.78 is 15.4. The van der Waals surface area contributed by atoms with Crippen molar-refractivity contribution in [2.24, 2.45) is 0 Å². The largest absolute Gasteiger partial charge is 0.369 e. The summed E-state index contributed by atoms with van der Waals surface area (Å²) in [5.41, 5.74) is 0.862. The van der Waals surface area contributed by atoms with Crippen molar-refractivity contribution in [3.8, 4) is 5.69 Å². The molecule has 23 heavy (non-hydrogen) atoms. The predicted molar refractivity (Wildman–Crippen MR) is 83.8 cm³/mol. The summed E-state index contributed by atoms with van der Waals surface area (Å²) in [6.07, 6.45) is 4.44. The molecule has 118 valence electrons. The van der Waals surface area contributed by atoms with E-state index in [4.69, 9.17) is 0 Å². The molecule has 0 saturated heterocycles. The maximum Gasteiger partial charge on any atom is 0.207 e. The van der Waals surface area contributed by atoms with Gasteiger partial charge in [-0.05, 0) is 18.6 Å². The molecule has 0 saturated carbocycles. The fourth-order valence-electron chi connectivity index (χ4n) is 2.24. The Bertz CT molecular complexity index is 819. The molecule has 1 aromatic carbocycles. The number of hydrogen-bond donors (Lipinski definition) is 2. The molecule has 0 radical (unpaired) electrons. The van der Waals surface area contributed by atoms with E-state index in [0.29, 0.717) is 42.0 Å². The van der Waals surface area contributed by atoms with Gasteiger partial charge in [-0.2, -0.15) is 5.10 Å². The fourth-order valence-corrected chi connectivity index (χ4v) is 2.24. The molecule has 3 aromatic rings. The first-order chi connectivity index (χ1) is 11.3. The van der Waals surface area contributed by atoms with Gasteiger partial charge in [-0.3, -0.25) is 4.79 Å². The second-order valence-electron chi connectivity index (χ2n) is 4.82. The maximum atomic E-state index is 13.9. The number of nitrogens with zero attached hydrogens (tertiary/aromatic N) is 4. The van der Waals surface area contributed by atoms with E-state index < -0.39 is 0 Å². The quantitative estimate of drug-likeness (QED) is 0.510. The van der Waals surface area contributed by atoms with E-state index in [1.807, 2.05) is 0 Å². The van der Waals surface area contributed by atoms with Crippen molar-refractivity contribution >= 4 is 23.3 Å². The zero-order valence-electron chi connectivity index (χ0n) is 12.2. The summed E-state index contributed by atoms with van der Waals surface area (Å²) in [7, 11) is 0. The number of fused-ring (bicyclic) bond motifs is 1. The zero-order valence-corrected chi connectivity index (χ0v) is 12.2. The van der Waals surface area contributed by atoms with E-state index in [1.165, 1.54) is 17.1 Å². The number of amides is 1. The van der Waals surface area contributed by atoms with E-state index >= 15 is 0 Å². The summed E-state index contributed by atoms with van der Waals surface area (Å²) in [6.45, 7) is 1.22. The van der Waals surface area contributed by atoms with Gasteiger partial charge in [0, 0.05) is 13.1 Å². The Kier molecular flexibility index (Phi) is 4.41. The fraction of sp³-hybridized carbons (Fsp3) is 0.200. The number of hydrogen-bond acceptors (Lipinski definition) is 5. The van der Waals surface area contributed by atoms with Crippen molar-refractivity contribution in [3.05, 3.63) is 42.6 Å². The lowest BCUT2D eigenvalue weighted by Gasteiger charge is -2.07. The van der Waals surface area contributed by atoms with Crippen molar-refractivity contribution in [1.29, 1.82) is 0 Å². The molecule has 2 N–H and O–H groups in total. The first-order valence-electron chi connectivity index (χ1n) is 7.16. The highest BCUT2D eigenvalue weighted by Crippen LogP contribution is 2.22. The molecule has 2 aromatic heterocycles. The molecule has 0 bridgehead atoms. The van der Waals surface area contributed by atoms with Crippen molar-refractivity contribution in [2.45, 2.75) is 6.42 Å². The highest BCUT2D eigenvalue weighted by Gasteiger charge is 2.13. The summed E-state index contributed by atoms with van der Waals surface area (Å²) in [5.74, 6) is 0.259. The molecule has 0 fully saturated rings. The molecule has 0 atom stereocenters. The van der Waals surface area contributed by atoms with Crippen LogP contribution in [-0.2, 0) is 4.79 Å². The van der Waals surface area contributed by atoms with Crippen LogP contribution in [0.5, 0.6) is 0 Å². The summed E-state index contributed by atoms with van der Waals surface area (Å²) >= 11 is 0. The molecule has 0 unspecified atom stereocenters. The first-order valence-corrected chi connectivity index (χ1v) is 7.16. The Hall–Kier alpha value is -3.03. The Morgan fingerprint density at radius 2 is 2.09 bits per heavy atom. The summed E-state index contributed by atoms with van der Waals surface area (Å²) in [4.78, 5) is 18.6. The molecular weight excluding hydrogens is 299 g/mol. The Morgan fingerprint density at radius 1 is 1.22 bits per heavy atom. The van der Waals surface area contributed by atoms with Crippen LogP contribution >= 0.6 is 0 Å². The average Bonchev–Trinajstić information content (AvgIpc) is 3.00. The molecule has 0 aliphatic carbocycles. The average molecular weight is 314 g/mol. The van der Waals surface area contributed by atoms with Crippen LogP contribution in [-0.4, -0.2) is 39.2 Å². The second-order valence-corrected chi connectivity index (χ2v) is 4.82. The maximum absolute atomic E-state index is 13.9. The minimum absolute atomic E-state index is 0.335. The lowest BCUT2D eigenvalue weighted by molar-refractivity contribution is -0.109. The highest BCUT2D eigenvalue weighted by molar-refractivity contribution is 5.87. The van der Waals surface area contributed by atoms with Gasteiger partial charge in [-0.15, -0.1) is 0 Å². The SMILES string of the molecule is O=CNCCCNc1ncnc2c1cnn2-c1ccccc1F. The van der Waals surface area contributed by atoms with E-state index in [-0.39, 0.29) is 5.82 Å². The van der Waals surface area contributed by atoms with Crippen LogP contribution in [0, 0.1) is 5.82 Å². The lowest BCUT2D eigenvalue weighted by atomic mass is 10.3. The number of benzene rings is 1. The van der Waals surface area contributed by atoms with Gasteiger partial charge in [-0.25, -0.2) is 19.0 Å². The van der Waals surface area contributed by atoms with Crippen molar-refractivity contribution in [2.75, 3.05) is 18.4 Å². The molecule has 0 spiro atoms. The normalized spacial score (nSPS) is 10.7. The number of rotatable bonds is 7. The van der Waals surface area contributed by atoms with E-state index in [0.717, 1.165) is 6.42 Å². The van der Waals surface area contributed by atoms with Crippen LogP contribution in [0.25, 0.3) is 16.7 Å². The van der Waals surface area contributed by atoms with Crippen LogP contribution < -0.4 is 10.6 Å². The molecule has 0 aliphatic rings. The van der Waals surface area contributed by atoms with Gasteiger partial charge in [0.25, 0.3) is 0 Å². The number of anilines is 1. The smallest absolute Gasteiger partial charge is 0.207 e. The van der Waals surface area contributed by atoms with Gasteiger partial charge in [0.15, 0.2) is 5.65 Å². The molecule has 7 nitrogen and oxygen atoms in total. The van der Waals surface area contributed by atoms with Crippen LogP contribution in [0.1, 0.15) is 6.42 Å². The van der Waals surface area contributed by atoms with Gasteiger partial charge in [0.2, 0.25) is 6.41 Å². The minimum atomic E-state index is -0.370. The van der Waals surface area contributed by atoms with Crippen LogP contribution in [0.3, 0.4) is 0 Å². The Morgan fingerprint density at radius 3 is 2.91 bits per heavy atom. The number of aromatic nitrogens is 4. The number of nitrogens with one attached hydrogen (secondary N) is 2. The van der Waals surface area contributed by atoms with E-state index in [1.54, 1.807) is 24.4 Å². The first kappa shape index (κ1) is 14.9. The molecule has 2 heterocycles. The number of carbonyl (C=O) groups excluding carboxylic acids is 1. The van der Waals surface area contributed by atoms with E-state index in [9.17, 15) is 9.18 Å². The standard InChI is InChI=1S/C15H15FN6O/c16-12-4-1-2-5-13(12)22-15-11(8-21-22)14(19-9-20-15)18-7-3-6-17-10-23/h1-2,4-5,8-10H,3,6-7H2,(H,17,23)(H,18,19,20). The van der Waals surface area contributed by atoms with E-state index in [2.05, 4.69) is 25.7 Å². The van der Waals surface area contributed by atoms with Crippen LogP contribution in [0.15, 0.2) is 36.8 Å². The Balaban J connectivity index is 1.86. The summed E-state index contributed by atoms with van der Waals surface area (Å²) in [6, 6.07) is 6.39. The van der Waals surface area contributed by atoms with Crippen molar-refractivity contribution in [1.82, 2.24) is 25.1 Å². The van der Waals surface area contributed by atoms with Crippen molar-refractivity contribution < 1.29 is 9.18 Å². The molecule has 0 aliphatic heterocycles. The summed E-state index contributed by atoms with van der Waals surface area (Å²) in [5, 5.41) is 10.7. The number of halogens is 1. The van der Waals surface area contributed by atoms with Crippen LogP contribution in [0.2, 0.25) is 0 Å². The lowest BCUT2D eigenvalue weighted by Crippen LogP contribution is -2.16. The van der Waals surface area contributed by atoms with Gasteiger partial charge in [-0.1, -0.05) is 12.1 Å². The molecule has 8 heteroatoms. The topological polar surface area (TPSA) is 84.7 Å². The highest BCUT2D eigenvalue weighted by atomic mass is 19.1. The minimum Gasteiger partial charge on any atom is -0.369 e. The van der Waals surface area contributed by atoms with Crippen molar-refractivity contribution in [3.63, 3.8) is 0 Å². The predicted octanol–water partition coefficient (Wildman–Crippen LogP) is 1.50. The molecule has 1 amide bonds. The van der Waals surface area contributed by atoms with Gasteiger partial charge in [0.1, 0.15) is 23.6 Å². The third-order valence-corrected chi connectivity index (χ3v) is 3.32. The number of carbonyl (C=O) groups is 1. The zero-order chi connectivity index (χ0) is 16.1. The van der Waals surface area contributed by atoms with Gasteiger partial charge in [0.05, 0.1) is 11.6 Å². The monoisotopic (exact) mass is 314 g/mol. The Labute approximate surface area is 131 Å². The third-order valence-electron chi connectivity index (χ3n) is 3.32. The van der Waals surface area contributed by atoms with Gasteiger partial charge < -0.3 is 10.6 Å². The third kappa shape index (κ3) is 3.10. The number of para-hydroxylation sites is 1.